The van der Waals surface area contributed by atoms with E-state index in [1.807, 2.05) is 34.1 Å². The Kier molecular flexibility index (Phi) is 5.82. The highest BCUT2D eigenvalue weighted by Crippen LogP contribution is 2.44. The van der Waals surface area contributed by atoms with E-state index in [1.54, 1.807) is 6.07 Å². The van der Waals surface area contributed by atoms with Crippen LogP contribution in [0.5, 0.6) is 0 Å². The molecule has 3 nitrogen and oxygen atoms in total. The molecule has 5 heteroatoms. The molecular weight excluding hydrogens is 387 g/mol. The molecule has 1 aliphatic heterocycles. The van der Waals surface area contributed by atoms with Crippen molar-refractivity contribution < 1.29 is 9.18 Å². The molecule has 0 radical (unpaired) electrons. The normalized spacial score (nSPS) is 24.7. The molecule has 0 aromatic heterocycles. The van der Waals surface area contributed by atoms with E-state index in [4.69, 9.17) is 11.6 Å². The highest BCUT2D eigenvalue weighted by molar-refractivity contribution is 6.30. The second kappa shape index (κ2) is 8.35. The molecule has 1 heterocycles. The number of carbonyl (C=O) groups excluding carboxylic acids is 1. The van der Waals surface area contributed by atoms with Gasteiger partial charge in [-0.25, -0.2) is 9.18 Å². The predicted molar refractivity (Wildman–Crippen MR) is 116 cm³/mol. The van der Waals surface area contributed by atoms with Crippen LogP contribution in [0.4, 0.5) is 14.9 Å². The molecule has 154 valence electrons. The molecule has 0 spiro atoms. The molecule has 1 saturated carbocycles. The Morgan fingerprint density at radius 1 is 1.10 bits per heavy atom. The molecule has 2 aromatic rings. The standard InChI is InChI=1S/C24H28ClFN2O/c1-16(2)15-27-22-12-4-3-11-21(17-7-5-8-18(25)13-17)23(22)28(24(27)29)20-10-6-9-19(26)14-20/h5-10,13-14,16,21-23H,3-4,11-12,15H2,1-2H3/t21-,22-,23+/m0/s1. The zero-order valence-electron chi connectivity index (χ0n) is 17.0. The molecule has 0 unspecified atom stereocenters. The third-order valence-corrected chi connectivity index (χ3v) is 6.38. The number of anilines is 1. The van der Waals surface area contributed by atoms with Gasteiger partial charge in [-0.05, 0) is 54.7 Å². The summed E-state index contributed by atoms with van der Waals surface area (Å²) in [6.45, 7) is 4.99. The highest BCUT2D eigenvalue weighted by Gasteiger charge is 2.50. The summed E-state index contributed by atoms with van der Waals surface area (Å²) >= 11 is 6.31. The number of amides is 2. The van der Waals surface area contributed by atoms with Gasteiger partial charge < -0.3 is 4.90 Å². The Bertz CT molecular complexity index is 887. The van der Waals surface area contributed by atoms with Crippen molar-refractivity contribution in [2.45, 2.75) is 57.5 Å². The first-order valence-corrected chi connectivity index (χ1v) is 10.9. The van der Waals surface area contributed by atoms with Crippen LogP contribution in [0.3, 0.4) is 0 Å². The average Bonchev–Trinajstić information content (AvgIpc) is 2.81. The van der Waals surface area contributed by atoms with Gasteiger partial charge in [-0.1, -0.05) is 56.5 Å². The number of nitrogens with zero attached hydrogens (tertiary/aromatic N) is 2. The van der Waals surface area contributed by atoms with Crippen LogP contribution in [0.25, 0.3) is 0 Å². The summed E-state index contributed by atoms with van der Waals surface area (Å²) in [4.78, 5) is 17.5. The van der Waals surface area contributed by atoms with Crippen molar-refractivity contribution in [3.63, 3.8) is 0 Å². The monoisotopic (exact) mass is 414 g/mol. The van der Waals surface area contributed by atoms with E-state index in [9.17, 15) is 9.18 Å². The van der Waals surface area contributed by atoms with E-state index >= 15 is 0 Å². The molecule has 2 amide bonds. The fourth-order valence-corrected chi connectivity index (χ4v) is 5.24. The van der Waals surface area contributed by atoms with Gasteiger partial charge >= 0.3 is 6.03 Å². The first-order valence-electron chi connectivity index (χ1n) is 10.6. The van der Waals surface area contributed by atoms with Crippen molar-refractivity contribution in [1.29, 1.82) is 0 Å². The van der Waals surface area contributed by atoms with E-state index in [2.05, 4.69) is 19.9 Å². The second-order valence-electron chi connectivity index (χ2n) is 8.68. The lowest BCUT2D eigenvalue weighted by atomic mass is 9.85. The molecule has 29 heavy (non-hydrogen) atoms. The molecule has 4 rings (SSSR count). The largest absolute Gasteiger partial charge is 0.325 e. The fraction of sp³-hybridized carbons (Fsp3) is 0.458. The summed E-state index contributed by atoms with van der Waals surface area (Å²) < 4.78 is 14.1. The van der Waals surface area contributed by atoms with Gasteiger partial charge in [0.25, 0.3) is 0 Å². The second-order valence-corrected chi connectivity index (χ2v) is 9.12. The van der Waals surface area contributed by atoms with Crippen molar-refractivity contribution in [3.8, 4) is 0 Å². The van der Waals surface area contributed by atoms with Crippen LogP contribution in [0.15, 0.2) is 48.5 Å². The van der Waals surface area contributed by atoms with E-state index in [-0.39, 0.29) is 29.8 Å². The Morgan fingerprint density at radius 3 is 2.59 bits per heavy atom. The molecule has 2 fully saturated rings. The molecule has 2 aromatic carbocycles. The topological polar surface area (TPSA) is 23.6 Å². The maximum atomic E-state index is 14.1. The molecule has 0 N–H and O–H groups in total. The van der Waals surface area contributed by atoms with Gasteiger partial charge in [0.15, 0.2) is 0 Å². The van der Waals surface area contributed by atoms with Crippen LogP contribution in [0, 0.1) is 11.7 Å². The summed E-state index contributed by atoms with van der Waals surface area (Å²) in [5.41, 5.74) is 1.81. The van der Waals surface area contributed by atoms with Crippen LogP contribution >= 0.6 is 11.6 Å². The molecule has 0 bridgehead atoms. The lowest BCUT2D eigenvalue weighted by Gasteiger charge is -2.33. The lowest BCUT2D eigenvalue weighted by molar-refractivity contribution is 0.189. The number of fused-ring (bicyclic) bond motifs is 1. The first kappa shape index (κ1) is 20.2. The van der Waals surface area contributed by atoms with Crippen molar-refractivity contribution in [2.75, 3.05) is 11.4 Å². The van der Waals surface area contributed by atoms with Gasteiger partial charge in [0.1, 0.15) is 5.82 Å². The number of carbonyl (C=O) groups is 1. The summed E-state index contributed by atoms with van der Waals surface area (Å²) in [5, 5.41) is 0.712. The SMILES string of the molecule is CC(C)CN1C(=O)N(c2cccc(F)c2)[C@@H]2[C@H](c3cccc(Cl)c3)CCCC[C@@H]21. The number of benzene rings is 2. The number of rotatable bonds is 4. The Balaban J connectivity index is 1.82. The zero-order chi connectivity index (χ0) is 20.5. The number of hydrogen-bond acceptors (Lipinski definition) is 1. The maximum Gasteiger partial charge on any atom is 0.325 e. The zero-order valence-corrected chi connectivity index (χ0v) is 17.8. The lowest BCUT2D eigenvalue weighted by Crippen LogP contribution is -2.41. The number of halogens is 2. The third kappa shape index (κ3) is 4.00. The highest BCUT2D eigenvalue weighted by atomic mass is 35.5. The minimum atomic E-state index is -0.318. The number of hydrogen-bond donors (Lipinski definition) is 0. The minimum absolute atomic E-state index is 0.00627. The predicted octanol–water partition coefficient (Wildman–Crippen LogP) is 6.47. The van der Waals surface area contributed by atoms with Gasteiger partial charge in [0, 0.05) is 23.2 Å². The van der Waals surface area contributed by atoms with E-state index in [1.165, 1.54) is 12.1 Å². The Morgan fingerprint density at radius 2 is 1.86 bits per heavy atom. The fourth-order valence-electron chi connectivity index (χ4n) is 5.04. The van der Waals surface area contributed by atoms with Gasteiger partial charge in [0.05, 0.1) is 12.1 Å². The molecule has 2 aliphatic rings. The van der Waals surface area contributed by atoms with E-state index in [0.29, 0.717) is 23.2 Å². The van der Waals surface area contributed by atoms with Crippen molar-refractivity contribution >= 4 is 23.3 Å². The molecule has 1 aliphatic carbocycles. The Hall–Kier alpha value is -2.07. The quantitative estimate of drug-likeness (QED) is 0.562. The molecule has 3 atom stereocenters. The smallest absolute Gasteiger partial charge is 0.319 e. The van der Waals surface area contributed by atoms with E-state index in [0.717, 1.165) is 31.2 Å². The molecular formula is C24H28ClFN2O. The average molecular weight is 415 g/mol. The third-order valence-electron chi connectivity index (χ3n) is 6.15. The van der Waals surface area contributed by atoms with Crippen LogP contribution in [-0.2, 0) is 0 Å². The summed E-state index contributed by atoms with van der Waals surface area (Å²) in [7, 11) is 0. The van der Waals surface area contributed by atoms with Gasteiger partial charge in [-0.3, -0.25) is 4.90 Å². The van der Waals surface area contributed by atoms with Crippen LogP contribution in [0.1, 0.15) is 51.0 Å². The van der Waals surface area contributed by atoms with Crippen molar-refractivity contribution in [3.05, 3.63) is 64.9 Å². The van der Waals surface area contributed by atoms with Crippen molar-refractivity contribution in [2.24, 2.45) is 5.92 Å². The van der Waals surface area contributed by atoms with Crippen LogP contribution in [-0.4, -0.2) is 29.6 Å². The maximum absolute atomic E-state index is 14.1. The van der Waals surface area contributed by atoms with Gasteiger partial charge in [0.2, 0.25) is 0 Å². The summed E-state index contributed by atoms with van der Waals surface area (Å²) in [6, 6.07) is 14.5. The van der Waals surface area contributed by atoms with Crippen LogP contribution in [0.2, 0.25) is 5.02 Å². The molecule has 1 saturated heterocycles. The summed E-state index contributed by atoms with van der Waals surface area (Å²) in [6.07, 6.45) is 4.18. The van der Waals surface area contributed by atoms with E-state index < -0.39 is 0 Å². The van der Waals surface area contributed by atoms with Crippen molar-refractivity contribution in [1.82, 2.24) is 4.90 Å². The van der Waals surface area contributed by atoms with Crippen LogP contribution < -0.4 is 4.90 Å². The van der Waals surface area contributed by atoms with Gasteiger partial charge in [-0.2, -0.15) is 0 Å². The van der Waals surface area contributed by atoms with Gasteiger partial charge in [-0.15, -0.1) is 0 Å². The first-order chi connectivity index (χ1) is 14.0. The minimum Gasteiger partial charge on any atom is -0.319 e. The Labute approximate surface area is 177 Å². The summed E-state index contributed by atoms with van der Waals surface area (Å²) in [5.74, 6) is 0.229. The number of urea groups is 1.